The lowest BCUT2D eigenvalue weighted by atomic mass is 10.1. The van der Waals surface area contributed by atoms with Gasteiger partial charge < -0.3 is 10.6 Å². The fourth-order valence-corrected chi connectivity index (χ4v) is 2.40. The second-order valence-electron chi connectivity index (χ2n) is 5.05. The number of carbonyl (C=O) groups is 2. The number of benzene rings is 1. The fraction of sp³-hybridized carbons (Fsp3) is 0.467. The largest absolute Gasteiger partial charge is 0.374 e. The Kier molecular flexibility index (Phi) is 4.61. The quantitative estimate of drug-likeness (QED) is 0.785. The molecule has 5 heteroatoms. The maximum Gasteiger partial charge on any atom is 0.321 e. The third kappa shape index (κ3) is 3.50. The zero-order chi connectivity index (χ0) is 14.5. The third-order valence-electron chi connectivity index (χ3n) is 3.45. The van der Waals surface area contributed by atoms with E-state index in [2.05, 4.69) is 28.1 Å². The van der Waals surface area contributed by atoms with Crippen LogP contribution in [0.3, 0.4) is 0 Å². The van der Waals surface area contributed by atoms with Crippen molar-refractivity contribution in [3.8, 4) is 0 Å². The summed E-state index contributed by atoms with van der Waals surface area (Å²) in [4.78, 5) is 23.1. The minimum Gasteiger partial charge on any atom is -0.374 e. The molecule has 5 nitrogen and oxygen atoms in total. The van der Waals surface area contributed by atoms with Crippen LogP contribution in [0.4, 0.5) is 10.5 Å². The summed E-state index contributed by atoms with van der Waals surface area (Å²) in [5.74, 6) is -0.337. The third-order valence-corrected chi connectivity index (χ3v) is 3.45. The smallest absolute Gasteiger partial charge is 0.321 e. The van der Waals surface area contributed by atoms with E-state index in [0.717, 1.165) is 18.5 Å². The van der Waals surface area contributed by atoms with Crippen molar-refractivity contribution in [2.45, 2.75) is 39.2 Å². The zero-order valence-corrected chi connectivity index (χ0v) is 12.0. The first kappa shape index (κ1) is 14.4. The minimum absolute atomic E-state index is 0.337. The van der Waals surface area contributed by atoms with E-state index in [-0.39, 0.29) is 5.91 Å². The lowest BCUT2D eigenvalue weighted by Gasteiger charge is -2.15. The Labute approximate surface area is 119 Å². The molecule has 3 amide bonds. The molecule has 0 radical (unpaired) electrons. The van der Waals surface area contributed by atoms with Gasteiger partial charge >= 0.3 is 6.03 Å². The first-order valence-electron chi connectivity index (χ1n) is 7.07. The first-order chi connectivity index (χ1) is 9.60. The van der Waals surface area contributed by atoms with Gasteiger partial charge in [0.15, 0.2) is 0 Å². The molecule has 1 unspecified atom stereocenters. The van der Waals surface area contributed by atoms with Gasteiger partial charge in [0.05, 0.1) is 0 Å². The van der Waals surface area contributed by atoms with Gasteiger partial charge in [-0.25, -0.2) is 4.79 Å². The molecule has 0 saturated heterocycles. The number of fused-ring (bicyclic) bond motifs is 1. The van der Waals surface area contributed by atoms with Crippen molar-refractivity contribution < 1.29 is 9.59 Å². The zero-order valence-electron chi connectivity index (χ0n) is 12.0. The molecule has 0 heterocycles. The highest BCUT2D eigenvalue weighted by molar-refractivity contribution is 5.97. The van der Waals surface area contributed by atoms with Crippen molar-refractivity contribution >= 4 is 17.6 Å². The van der Waals surface area contributed by atoms with Gasteiger partial charge in [0.1, 0.15) is 6.04 Å². The van der Waals surface area contributed by atoms with Crippen molar-refractivity contribution in [3.05, 3.63) is 29.3 Å². The molecule has 1 aromatic carbocycles. The number of amides is 3. The number of nitrogens with one attached hydrogen (secondary N) is 3. The van der Waals surface area contributed by atoms with Gasteiger partial charge in [0.25, 0.3) is 0 Å². The van der Waals surface area contributed by atoms with E-state index in [1.807, 2.05) is 6.07 Å². The molecule has 108 valence electrons. The van der Waals surface area contributed by atoms with Crippen LogP contribution in [0.1, 0.15) is 31.4 Å². The van der Waals surface area contributed by atoms with Crippen LogP contribution >= 0.6 is 0 Å². The maximum absolute atomic E-state index is 11.8. The van der Waals surface area contributed by atoms with Gasteiger partial charge in [-0.3, -0.25) is 10.1 Å². The predicted molar refractivity (Wildman–Crippen MR) is 78.8 cm³/mol. The second-order valence-corrected chi connectivity index (χ2v) is 5.05. The minimum atomic E-state index is -0.461. The molecule has 0 aromatic heterocycles. The van der Waals surface area contributed by atoms with Crippen molar-refractivity contribution in [2.24, 2.45) is 0 Å². The number of aryl methyl sites for hydroxylation is 2. The molecule has 0 bridgehead atoms. The van der Waals surface area contributed by atoms with E-state index in [1.54, 1.807) is 13.8 Å². The van der Waals surface area contributed by atoms with E-state index in [1.165, 1.54) is 17.5 Å². The van der Waals surface area contributed by atoms with Gasteiger partial charge in [-0.2, -0.15) is 0 Å². The highest BCUT2D eigenvalue weighted by atomic mass is 16.2. The lowest BCUT2D eigenvalue weighted by Crippen LogP contribution is -2.45. The first-order valence-corrected chi connectivity index (χ1v) is 7.07. The summed E-state index contributed by atoms with van der Waals surface area (Å²) in [6, 6.07) is 5.27. The summed E-state index contributed by atoms with van der Waals surface area (Å²) in [6.07, 6.45) is 3.44. The Morgan fingerprint density at radius 2 is 2.00 bits per heavy atom. The second kappa shape index (κ2) is 6.41. The number of hydrogen-bond donors (Lipinski definition) is 3. The molecule has 1 atom stereocenters. The molecule has 2 rings (SSSR count). The van der Waals surface area contributed by atoms with Gasteiger partial charge in [0.2, 0.25) is 5.91 Å². The van der Waals surface area contributed by atoms with Gasteiger partial charge in [0, 0.05) is 12.2 Å². The lowest BCUT2D eigenvalue weighted by molar-refractivity contribution is -0.120. The molecule has 1 aliphatic carbocycles. The van der Waals surface area contributed by atoms with E-state index in [4.69, 9.17) is 0 Å². The van der Waals surface area contributed by atoms with Crippen molar-refractivity contribution in [3.63, 3.8) is 0 Å². The van der Waals surface area contributed by atoms with E-state index in [0.29, 0.717) is 6.54 Å². The van der Waals surface area contributed by atoms with Crippen LogP contribution in [0.2, 0.25) is 0 Å². The Morgan fingerprint density at radius 3 is 2.75 bits per heavy atom. The summed E-state index contributed by atoms with van der Waals surface area (Å²) in [5.41, 5.74) is 3.67. The summed E-state index contributed by atoms with van der Waals surface area (Å²) in [5, 5.41) is 7.96. The number of rotatable bonds is 4. The number of hydrogen-bond acceptors (Lipinski definition) is 3. The topological polar surface area (TPSA) is 70.2 Å². The average Bonchev–Trinajstić information content (AvgIpc) is 2.86. The summed E-state index contributed by atoms with van der Waals surface area (Å²) >= 11 is 0. The van der Waals surface area contributed by atoms with Crippen LogP contribution in [-0.4, -0.2) is 24.5 Å². The molecule has 0 fully saturated rings. The maximum atomic E-state index is 11.8. The molecule has 0 saturated carbocycles. The molecular formula is C15H21N3O2. The van der Waals surface area contributed by atoms with Gasteiger partial charge in [-0.15, -0.1) is 0 Å². The number of anilines is 1. The van der Waals surface area contributed by atoms with E-state index >= 15 is 0 Å². The van der Waals surface area contributed by atoms with Crippen LogP contribution < -0.4 is 16.0 Å². The molecule has 1 aromatic rings. The van der Waals surface area contributed by atoms with Crippen molar-refractivity contribution in [2.75, 3.05) is 11.9 Å². The molecule has 3 N–H and O–H groups in total. The van der Waals surface area contributed by atoms with Gasteiger partial charge in [-0.1, -0.05) is 6.07 Å². The van der Waals surface area contributed by atoms with Crippen LogP contribution in [0, 0.1) is 0 Å². The summed E-state index contributed by atoms with van der Waals surface area (Å²) in [7, 11) is 0. The highest BCUT2D eigenvalue weighted by Crippen LogP contribution is 2.25. The number of carbonyl (C=O) groups excluding carboxylic acids is 2. The van der Waals surface area contributed by atoms with Crippen LogP contribution in [0.15, 0.2) is 18.2 Å². The molecule has 0 spiro atoms. The highest BCUT2D eigenvalue weighted by Gasteiger charge is 2.16. The molecule has 1 aliphatic rings. The summed E-state index contributed by atoms with van der Waals surface area (Å²) in [6.45, 7) is 4.03. The monoisotopic (exact) mass is 275 g/mol. The summed E-state index contributed by atoms with van der Waals surface area (Å²) < 4.78 is 0. The van der Waals surface area contributed by atoms with E-state index in [9.17, 15) is 9.59 Å². The van der Waals surface area contributed by atoms with Crippen LogP contribution in [-0.2, 0) is 17.6 Å². The standard InChI is InChI=1S/C15H21N3O2/c1-3-16-15(20)18-14(19)10(2)17-13-8-7-11-5-4-6-12(11)9-13/h7-10,17H,3-6H2,1-2H3,(H2,16,18,19,20). The fourth-order valence-electron chi connectivity index (χ4n) is 2.40. The Balaban J connectivity index is 1.92. The van der Waals surface area contributed by atoms with Crippen LogP contribution in [0.5, 0.6) is 0 Å². The van der Waals surface area contributed by atoms with Crippen molar-refractivity contribution in [1.29, 1.82) is 0 Å². The molecule has 20 heavy (non-hydrogen) atoms. The molecule has 0 aliphatic heterocycles. The van der Waals surface area contributed by atoms with Crippen molar-refractivity contribution in [1.82, 2.24) is 10.6 Å². The SMILES string of the molecule is CCNC(=O)NC(=O)C(C)Nc1ccc2c(c1)CCC2. The van der Waals surface area contributed by atoms with Crippen LogP contribution in [0.25, 0.3) is 0 Å². The van der Waals surface area contributed by atoms with Gasteiger partial charge in [-0.05, 0) is 56.4 Å². The van der Waals surface area contributed by atoms with E-state index < -0.39 is 12.1 Å². The average molecular weight is 275 g/mol. The number of imide groups is 1. The predicted octanol–water partition coefficient (Wildman–Crippen LogP) is 1.82. The normalized spacial score (nSPS) is 14.3. The number of urea groups is 1. The Hall–Kier alpha value is -2.04. The molecular weight excluding hydrogens is 254 g/mol. The Morgan fingerprint density at radius 1 is 1.25 bits per heavy atom. The Bertz CT molecular complexity index is 514.